The summed E-state index contributed by atoms with van der Waals surface area (Å²) in [4.78, 5) is 23.1. The number of ketones is 1. The third kappa shape index (κ3) is 2.88. The van der Waals surface area contributed by atoms with Crippen molar-refractivity contribution >= 4 is 11.7 Å². The number of Topliss-reactive ketones (excluding diaryl/α,β-unsaturated/α-hetero) is 1. The van der Waals surface area contributed by atoms with Crippen LogP contribution in [-0.4, -0.2) is 22.8 Å². The van der Waals surface area contributed by atoms with Gasteiger partial charge in [0.05, 0.1) is 0 Å². The van der Waals surface area contributed by atoms with Gasteiger partial charge in [-0.3, -0.25) is 9.59 Å². The molecule has 1 aromatic heterocycles. The van der Waals surface area contributed by atoms with Crippen LogP contribution in [0, 0.1) is 12.3 Å². The van der Waals surface area contributed by atoms with Crippen LogP contribution in [0.15, 0.2) is 6.07 Å². The average molecular weight is 262 g/mol. The molecule has 0 unspecified atom stereocenters. The van der Waals surface area contributed by atoms with E-state index in [9.17, 15) is 9.59 Å². The van der Waals surface area contributed by atoms with Crippen molar-refractivity contribution in [3.63, 3.8) is 0 Å². The van der Waals surface area contributed by atoms with E-state index in [1.165, 1.54) is 6.92 Å². The van der Waals surface area contributed by atoms with Gasteiger partial charge in [0, 0.05) is 43.4 Å². The molecule has 0 spiro atoms. The minimum Gasteiger partial charge on any atom is -0.355 e. The third-order valence-electron chi connectivity index (χ3n) is 3.71. The number of amides is 1. The van der Waals surface area contributed by atoms with E-state index in [0.29, 0.717) is 13.0 Å². The van der Waals surface area contributed by atoms with Gasteiger partial charge in [-0.1, -0.05) is 13.8 Å². The first kappa shape index (κ1) is 13.8. The number of aromatic nitrogens is 1. The van der Waals surface area contributed by atoms with Gasteiger partial charge < -0.3 is 9.88 Å². The number of carbonyl (C=O) groups excluding carboxylic acids is 2. The van der Waals surface area contributed by atoms with Crippen molar-refractivity contribution < 1.29 is 9.59 Å². The summed E-state index contributed by atoms with van der Waals surface area (Å²) < 4.78 is 2.17. The SMILES string of the molecule is CC(=O)NCCn1c(C)cc2c1CC(C)(C)CC2=O. The standard InChI is InChI=1S/C15H22N2O2/c1-10-7-12-13(8-15(3,4)9-14(12)19)17(10)6-5-16-11(2)18/h7H,5-6,8-9H2,1-4H3,(H,16,18). The minimum absolute atomic E-state index is 0.0184. The fourth-order valence-electron chi connectivity index (χ4n) is 2.86. The first-order valence-corrected chi connectivity index (χ1v) is 6.77. The topological polar surface area (TPSA) is 51.1 Å². The van der Waals surface area contributed by atoms with Crippen LogP contribution in [0.5, 0.6) is 0 Å². The summed E-state index contributed by atoms with van der Waals surface area (Å²) in [6.45, 7) is 9.13. The number of hydrogen-bond donors (Lipinski definition) is 1. The largest absolute Gasteiger partial charge is 0.355 e. The molecular weight excluding hydrogens is 240 g/mol. The molecule has 4 heteroatoms. The number of fused-ring (bicyclic) bond motifs is 1. The Morgan fingerprint density at radius 3 is 2.74 bits per heavy atom. The Bertz CT molecular complexity index is 526. The van der Waals surface area contributed by atoms with Crippen molar-refractivity contribution in [3.8, 4) is 0 Å². The van der Waals surface area contributed by atoms with Gasteiger partial charge in [-0.15, -0.1) is 0 Å². The van der Waals surface area contributed by atoms with Gasteiger partial charge >= 0.3 is 0 Å². The van der Waals surface area contributed by atoms with Crippen molar-refractivity contribution in [2.75, 3.05) is 6.54 Å². The molecule has 0 aromatic carbocycles. The predicted octanol–water partition coefficient (Wildman–Crippen LogP) is 2.09. The molecule has 0 radical (unpaired) electrons. The lowest BCUT2D eigenvalue weighted by Gasteiger charge is -2.29. The summed E-state index contributed by atoms with van der Waals surface area (Å²) in [6.07, 6.45) is 1.54. The summed E-state index contributed by atoms with van der Waals surface area (Å²) in [5, 5.41) is 2.81. The maximum atomic E-state index is 12.2. The zero-order valence-corrected chi connectivity index (χ0v) is 12.2. The van der Waals surface area contributed by atoms with Gasteiger partial charge in [-0.25, -0.2) is 0 Å². The summed E-state index contributed by atoms with van der Waals surface area (Å²) in [5.74, 6) is 0.225. The van der Waals surface area contributed by atoms with Gasteiger partial charge in [-0.2, -0.15) is 0 Å². The summed E-state index contributed by atoms with van der Waals surface area (Å²) in [6, 6.07) is 1.99. The smallest absolute Gasteiger partial charge is 0.216 e. The number of nitrogens with zero attached hydrogens (tertiary/aromatic N) is 1. The Morgan fingerprint density at radius 1 is 1.42 bits per heavy atom. The number of aryl methyl sites for hydroxylation is 1. The average Bonchev–Trinajstić information content (AvgIpc) is 2.55. The number of carbonyl (C=O) groups is 2. The van der Waals surface area contributed by atoms with E-state index in [1.54, 1.807) is 0 Å². The molecule has 4 nitrogen and oxygen atoms in total. The molecule has 1 amide bonds. The van der Waals surface area contributed by atoms with Crippen molar-refractivity contribution in [2.24, 2.45) is 5.41 Å². The van der Waals surface area contributed by atoms with Crippen LogP contribution in [0.25, 0.3) is 0 Å². The molecule has 0 saturated heterocycles. The second-order valence-corrected chi connectivity index (χ2v) is 6.22. The molecule has 0 fully saturated rings. The lowest BCUT2D eigenvalue weighted by atomic mass is 9.76. The lowest BCUT2D eigenvalue weighted by Crippen LogP contribution is -2.30. The maximum Gasteiger partial charge on any atom is 0.216 e. The van der Waals surface area contributed by atoms with Crippen LogP contribution < -0.4 is 5.32 Å². The Morgan fingerprint density at radius 2 is 2.11 bits per heavy atom. The maximum absolute atomic E-state index is 12.2. The summed E-state index contributed by atoms with van der Waals surface area (Å²) >= 11 is 0. The van der Waals surface area contributed by atoms with Crippen molar-refractivity contribution in [3.05, 3.63) is 23.0 Å². The molecule has 1 aromatic rings. The zero-order chi connectivity index (χ0) is 14.2. The van der Waals surface area contributed by atoms with Gasteiger partial charge in [0.1, 0.15) is 0 Å². The third-order valence-corrected chi connectivity index (χ3v) is 3.71. The van der Waals surface area contributed by atoms with Crippen molar-refractivity contribution in [2.45, 2.75) is 47.1 Å². The monoisotopic (exact) mass is 262 g/mol. The molecule has 19 heavy (non-hydrogen) atoms. The molecule has 0 bridgehead atoms. The Kier molecular flexibility index (Phi) is 3.52. The van der Waals surface area contributed by atoms with E-state index in [1.807, 2.05) is 13.0 Å². The molecule has 0 aliphatic heterocycles. The normalized spacial score (nSPS) is 17.2. The van der Waals surface area contributed by atoms with Gasteiger partial charge in [0.2, 0.25) is 5.91 Å². The summed E-state index contributed by atoms with van der Waals surface area (Å²) in [7, 11) is 0. The zero-order valence-electron chi connectivity index (χ0n) is 12.2. The number of hydrogen-bond acceptors (Lipinski definition) is 2. The highest BCUT2D eigenvalue weighted by Crippen LogP contribution is 2.36. The highest BCUT2D eigenvalue weighted by atomic mass is 16.1. The highest BCUT2D eigenvalue weighted by Gasteiger charge is 2.33. The molecule has 0 saturated carbocycles. The van der Waals surface area contributed by atoms with E-state index >= 15 is 0 Å². The molecule has 104 valence electrons. The molecular formula is C15H22N2O2. The first-order chi connectivity index (χ1) is 8.80. The van der Waals surface area contributed by atoms with E-state index in [-0.39, 0.29) is 17.1 Å². The van der Waals surface area contributed by atoms with Gasteiger partial charge in [0.25, 0.3) is 0 Å². The minimum atomic E-state index is -0.0184. The summed E-state index contributed by atoms with van der Waals surface area (Å²) in [5.41, 5.74) is 3.13. The molecule has 1 aliphatic carbocycles. The van der Waals surface area contributed by atoms with Crippen molar-refractivity contribution in [1.82, 2.24) is 9.88 Å². The fourth-order valence-corrected chi connectivity index (χ4v) is 2.86. The Hall–Kier alpha value is -1.58. The Labute approximate surface area is 114 Å². The van der Waals surface area contributed by atoms with Crippen molar-refractivity contribution in [1.29, 1.82) is 0 Å². The van der Waals surface area contributed by atoms with E-state index in [4.69, 9.17) is 0 Å². The molecule has 1 N–H and O–H groups in total. The fraction of sp³-hybridized carbons (Fsp3) is 0.600. The number of nitrogens with one attached hydrogen (secondary N) is 1. The second-order valence-electron chi connectivity index (χ2n) is 6.22. The lowest BCUT2D eigenvalue weighted by molar-refractivity contribution is -0.118. The first-order valence-electron chi connectivity index (χ1n) is 6.77. The van der Waals surface area contributed by atoms with E-state index in [2.05, 4.69) is 23.7 Å². The number of rotatable bonds is 3. The second kappa shape index (κ2) is 4.83. The van der Waals surface area contributed by atoms with Crippen LogP contribution in [0.4, 0.5) is 0 Å². The van der Waals surface area contributed by atoms with Crippen LogP contribution in [0.2, 0.25) is 0 Å². The van der Waals surface area contributed by atoms with Crippen LogP contribution in [0.3, 0.4) is 0 Å². The van der Waals surface area contributed by atoms with E-state index in [0.717, 1.165) is 29.9 Å². The van der Waals surface area contributed by atoms with Gasteiger partial charge in [0.15, 0.2) is 5.78 Å². The van der Waals surface area contributed by atoms with Crippen LogP contribution >= 0.6 is 0 Å². The van der Waals surface area contributed by atoms with Crippen LogP contribution in [-0.2, 0) is 17.8 Å². The Balaban J connectivity index is 2.26. The quantitative estimate of drug-likeness (QED) is 0.906. The van der Waals surface area contributed by atoms with Gasteiger partial charge in [-0.05, 0) is 24.8 Å². The predicted molar refractivity (Wildman–Crippen MR) is 74.3 cm³/mol. The highest BCUT2D eigenvalue weighted by molar-refractivity contribution is 5.99. The molecule has 1 aliphatic rings. The molecule has 1 heterocycles. The van der Waals surface area contributed by atoms with E-state index < -0.39 is 0 Å². The molecule has 2 rings (SSSR count). The van der Waals surface area contributed by atoms with Crippen LogP contribution in [0.1, 0.15) is 48.9 Å². The molecule has 0 atom stereocenters.